The van der Waals surface area contributed by atoms with Gasteiger partial charge in [-0.2, -0.15) is 0 Å². The molecule has 1 aliphatic rings. The standard InChI is InChI=1S/C11H11NS/c1-2-9(12)11-7-8-5-3-4-6-10(8)13-11/h1,3-6,9,11H,7,12H2. The molecule has 2 unspecified atom stereocenters. The second-order valence-electron chi connectivity index (χ2n) is 3.16. The summed E-state index contributed by atoms with van der Waals surface area (Å²) in [6.45, 7) is 0. The lowest BCUT2D eigenvalue weighted by atomic mass is 10.1. The summed E-state index contributed by atoms with van der Waals surface area (Å²) in [5, 5.41) is 0.363. The normalized spacial score (nSPS) is 22.0. The van der Waals surface area contributed by atoms with Crippen molar-refractivity contribution in [1.82, 2.24) is 0 Å². The number of nitrogens with two attached hydrogens (primary N) is 1. The largest absolute Gasteiger partial charge is 0.317 e. The number of benzene rings is 1. The summed E-state index contributed by atoms with van der Waals surface area (Å²) in [5.41, 5.74) is 7.18. The van der Waals surface area contributed by atoms with Crippen LogP contribution in [-0.4, -0.2) is 11.3 Å². The topological polar surface area (TPSA) is 26.0 Å². The Morgan fingerprint density at radius 2 is 2.31 bits per heavy atom. The predicted molar refractivity (Wildman–Crippen MR) is 56.6 cm³/mol. The van der Waals surface area contributed by atoms with E-state index < -0.39 is 0 Å². The molecule has 2 heteroatoms. The van der Waals surface area contributed by atoms with Crippen LogP contribution in [0, 0.1) is 12.3 Å². The lowest BCUT2D eigenvalue weighted by molar-refractivity contribution is 0.770. The number of rotatable bonds is 1. The summed E-state index contributed by atoms with van der Waals surface area (Å²) < 4.78 is 0. The van der Waals surface area contributed by atoms with Crippen LogP contribution in [0.15, 0.2) is 29.2 Å². The van der Waals surface area contributed by atoms with Crippen molar-refractivity contribution >= 4 is 11.8 Å². The molecule has 2 atom stereocenters. The summed E-state index contributed by atoms with van der Waals surface area (Å²) in [6, 6.07) is 8.26. The second kappa shape index (κ2) is 3.45. The first kappa shape index (κ1) is 8.68. The Morgan fingerprint density at radius 1 is 1.54 bits per heavy atom. The molecular formula is C11H11NS. The van der Waals surface area contributed by atoms with Crippen LogP contribution < -0.4 is 5.73 Å². The molecule has 0 aromatic heterocycles. The van der Waals surface area contributed by atoms with Gasteiger partial charge in [0.25, 0.3) is 0 Å². The maximum absolute atomic E-state index is 5.80. The Hall–Kier alpha value is -0.910. The van der Waals surface area contributed by atoms with E-state index in [2.05, 4.69) is 30.2 Å². The fraction of sp³-hybridized carbons (Fsp3) is 0.273. The number of thioether (sulfide) groups is 1. The lowest BCUT2D eigenvalue weighted by Gasteiger charge is -2.10. The van der Waals surface area contributed by atoms with Crippen LogP contribution in [0.4, 0.5) is 0 Å². The van der Waals surface area contributed by atoms with Gasteiger partial charge in [0.1, 0.15) is 0 Å². The predicted octanol–water partition coefficient (Wildman–Crippen LogP) is 1.66. The Morgan fingerprint density at radius 3 is 3.00 bits per heavy atom. The fourth-order valence-electron chi connectivity index (χ4n) is 1.52. The van der Waals surface area contributed by atoms with Crippen LogP contribution in [0.1, 0.15) is 5.56 Å². The number of terminal acetylenes is 1. The molecule has 13 heavy (non-hydrogen) atoms. The molecule has 0 amide bonds. The average Bonchev–Trinajstić information content (AvgIpc) is 2.59. The lowest BCUT2D eigenvalue weighted by Crippen LogP contribution is -2.30. The number of fused-ring (bicyclic) bond motifs is 1. The fourth-order valence-corrected chi connectivity index (χ4v) is 2.79. The van der Waals surface area contributed by atoms with E-state index in [1.165, 1.54) is 10.5 Å². The van der Waals surface area contributed by atoms with Gasteiger partial charge in [-0.05, 0) is 18.1 Å². The summed E-state index contributed by atoms with van der Waals surface area (Å²) in [5.74, 6) is 2.60. The van der Waals surface area contributed by atoms with Gasteiger partial charge < -0.3 is 5.73 Å². The summed E-state index contributed by atoms with van der Waals surface area (Å²) in [7, 11) is 0. The maximum Gasteiger partial charge on any atom is 0.0789 e. The Kier molecular flexibility index (Phi) is 2.30. The smallest absolute Gasteiger partial charge is 0.0789 e. The first-order valence-electron chi connectivity index (χ1n) is 4.27. The minimum absolute atomic E-state index is 0.127. The highest BCUT2D eigenvalue weighted by Gasteiger charge is 2.25. The van der Waals surface area contributed by atoms with Gasteiger partial charge in [-0.25, -0.2) is 0 Å². The van der Waals surface area contributed by atoms with E-state index in [0.717, 1.165) is 6.42 Å². The molecule has 1 aromatic rings. The van der Waals surface area contributed by atoms with Crippen LogP contribution in [0.25, 0.3) is 0 Å². The first-order valence-corrected chi connectivity index (χ1v) is 5.15. The number of hydrogen-bond donors (Lipinski definition) is 1. The monoisotopic (exact) mass is 189 g/mol. The molecule has 0 radical (unpaired) electrons. The molecule has 0 saturated carbocycles. The third-order valence-electron chi connectivity index (χ3n) is 2.27. The zero-order valence-corrected chi connectivity index (χ0v) is 8.05. The van der Waals surface area contributed by atoms with Gasteiger partial charge in [0.05, 0.1) is 6.04 Å². The van der Waals surface area contributed by atoms with Crippen molar-refractivity contribution in [1.29, 1.82) is 0 Å². The Labute approximate surface area is 82.7 Å². The third kappa shape index (κ3) is 1.58. The molecule has 2 rings (SSSR count). The van der Waals surface area contributed by atoms with Crippen LogP contribution >= 0.6 is 11.8 Å². The molecule has 1 heterocycles. The molecular weight excluding hydrogens is 178 g/mol. The van der Waals surface area contributed by atoms with E-state index in [9.17, 15) is 0 Å². The van der Waals surface area contributed by atoms with Crippen molar-refractivity contribution in [3.8, 4) is 12.3 Å². The summed E-state index contributed by atoms with van der Waals surface area (Å²) in [6.07, 6.45) is 6.30. The molecule has 66 valence electrons. The van der Waals surface area contributed by atoms with Gasteiger partial charge in [-0.1, -0.05) is 24.1 Å². The second-order valence-corrected chi connectivity index (χ2v) is 4.44. The number of hydrogen-bond acceptors (Lipinski definition) is 2. The van der Waals surface area contributed by atoms with Crippen molar-refractivity contribution in [2.75, 3.05) is 0 Å². The molecule has 0 saturated heterocycles. The van der Waals surface area contributed by atoms with Gasteiger partial charge in [0.2, 0.25) is 0 Å². The van der Waals surface area contributed by atoms with Crippen molar-refractivity contribution in [2.24, 2.45) is 5.73 Å². The van der Waals surface area contributed by atoms with Crippen molar-refractivity contribution < 1.29 is 0 Å². The average molecular weight is 189 g/mol. The maximum atomic E-state index is 5.80. The van der Waals surface area contributed by atoms with Gasteiger partial charge in [0, 0.05) is 10.1 Å². The molecule has 1 nitrogen and oxygen atoms in total. The molecule has 1 aliphatic heterocycles. The van der Waals surface area contributed by atoms with E-state index >= 15 is 0 Å². The van der Waals surface area contributed by atoms with Crippen molar-refractivity contribution in [2.45, 2.75) is 22.6 Å². The van der Waals surface area contributed by atoms with Crippen LogP contribution in [-0.2, 0) is 6.42 Å². The first-order chi connectivity index (χ1) is 6.31. The van der Waals surface area contributed by atoms with Gasteiger partial charge in [-0.15, -0.1) is 18.2 Å². The SMILES string of the molecule is C#CC(N)C1Cc2ccccc2S1. The summed E-state index contributed by atoms with van der Waals surface area (Å²) >= 11 is 1.80. The van der Waals surface area contributed by atoms with Gasteiger partial charge in [-0.3, -0.25) is 0 Å². The van der Waals surface area contributed by atoms with E-state index in [1.54, 1.807) is 11.8 Å². The van der Waals surface area contributed by atoms with Gasteiger partial charge in [0.15, 0.2) is 0 Å². The minimum atomic E-state index is -0.127. The van der Waals surface area contributed by atoms with Crippen LogP contribution in [0.5, 0.6) is 0 Å². The molecule has 0 aliphatic carbocycles. The molecule has 0 spiro atoms. The van der Waals surface area contributed by atoms with E-state index in [0.29, 0.717) is 5.25 Å². The zero-order chi connectivity index (χ0) is 9.26. The molecule has 1 aromatic carbocycles. The molecule has 2 N–H and O–H groups in total. The quantitative estimate of drug-likeness (QED) is 0.680. The Bertz CT molecular complexity index is 328. The Balaban J connectivity index is 2.19. The van der Waals surface area contributed by atoms with Crippen LogP contribution in [0.2, 0.25) is 0 Å². The highest BCUT2D eigenvalue weighted by atomic mass is 32.2. The highest BCUT2D eigenvalue weighted by molar-refractivity contribution is 8.00. The van der Waals surface area contributed by atoms with E-state index in [1.807, 2.05) is 0 Å². The molecule has 0 fully saturated rings. The van der Waals surface area contributed by atoms with E-state index in [4.69, 9.17) is 12.2 Å². The van der Waals surface area contributed by atoms with Crippen molar-refractivity contribution in [3.63, 3.8) is 0 Å². The highest BCUT2D eigenvalue weighted by Crippen LogP contribution is 2.37. The van der Waals surface area contributed by atoms with E-state index in [-0.39, 0.29) is 6.04 Å². The zero-order valence-electron chi connectivity index (χ0n) is 7.23. The molecule has 0 bridgehead atoms. The minimum Gasteiger partial charge on any atom is -0.317 e. The van der Waals surface area contributed by atoms with Crippen molar-refractivity contribution in [3.05, 3.63) is 29.8 Å². The van der Waals surface area contributed by atoms with Crippen LogP contribution in [0.3, 0.4) is 0 Å². The summed E-state index contributed by atoms with van der Waals surface area (Å²) in [4.78, 5) is 1.33. The van der Waals surface area contributed by atoms with Gasteiger partial charge >= 0.3 is 0 Å². The third-order valence-corrected chi connectivity index (χ3v) is 3.68.